The fourth-order valence-electron chi connectivity index (χ4n) is 9.62. The van der Waals surface area contributed by atoms with Gasteiger partial charge >= 0.3 is 17.1 Å². The molecule has 0 spiro atoms. The van der Waals surface area contributed by atoms with Crippen LogP contribution in [0.5, 0.6) is 0 Å². The number of rotatable bonds is 54. The Hall–Kier alpha value is -1.92. The highest BCUT2D eigenvalue weighted by molar-refractivity contribution is 7.80. The normalized spacial score (nSPS) is 11.4. The molecule has 0 amide bonds. The topological polar surface area (TPSA) is 93.7 Å². The van der Waals surface area contributed by atoms with Gasteiger partial charge in [-0.25, -0.2) is 28.1 Å². The smallest absolute Gasteiger partial charge is 0.336 e. The summed E-state index contributed by atoms with van der Waals surface area (Å²) in [7, 11) is 0. The van der Waals surface area contributed by atoms with Crippen LogP contribution in [0, 0.1) is 0 Å². The summed E-state index contributed by atoms with van der Waals surface area (Å²) in [6, 6.07) is 0. The standard InChI is InChI=1S/C60H111N3O6S3/c1-4-7-10-13-16-19-22-25-28-31-34-37-40-43-46-55(70)67-52-49-61-58(64)62(50-53-68-56(71)47-44-41-38-35-32-29-26-23-20-17-14-11-8-5-2)60(66)63(59(61)65)51-54-69-57(72)48-45-42-39-36-33-30-27-24-21-18-15-12-9-6-3/h4-54H2,1-3H3. The summed E-state index contributed by atoms with van der Waals surface area (Å²) >= 11 is 16.6. The Labute approximate surface area is 457 Å². The van der Waals surface area contributed by atoms with Gasteiger partial charge in [-0.15, -0.1) is 0 Å². The molecule has 0 unspecified atom stereocenters. The Morgan fingerprint density at radius 1 is 0.278 bits per heavy atom. The van der Waals surface area contributed by atoms with Crippen molar-refractivity contribution in [2.45, 2.75) is 329 Å². The largest absolute Gasteiger partial charge is 0.485 e. The monoisotopic (exact) mass is 1070 g/mol. The average Bonchev–Trinajstić information content (AvgIpc) is 3.37. The second-order valence-electron chi connectivity index (χ2n) is 21.0. The van der Waals surface area contributed by atoms with Gasteiger partial charge in [-0.05, 0) is 55.9 Å². The van der Waals surface area contributed by atoms with Crippen LogP contribution in [0.1, 0.15) is 310 Å². The minimum Gasteiger partial charge on any atom is -0.485 e. The third-order valence-electron chi connectivity index (χ3n) is 14.3. The Morgan fingerprint density at radius 3 is 0.597 bits per heavy atom. The lowest BCUT2D eigenvalue weighted by Gasteiger charge is -2.15. The summed E-state index contributed by atoms with van der Waals surface area (Å²) in [6.07, 6.45) is 56.2. The van der Waals surface area contributed by atoms with Crippen LogP contribution in [0.3, 0.4) is 0 Å². The average molecular weight is 1070 g/mol. The molecule has 1 aromatic rings. The van der Waals surface area contributed by atoms with E-state index in [1.165, 1.54) is 231 Å². The number of unbranched alkanes of at least 4 members (excludes halogenated alkanes) is 39. The van der Waals surface area contributed by atoms with Crippen molar-refractivity contribution >= 4 is 51.8 Å². The molecule has 1 rings (SSSR count). The van der Waals surface area contributed by atoms with Crippen LogP contribution in [0.4, 0.5) is 0 Å². The summed E-state index contributed by atoms with van der Waals surface area (Å²) in [4.78, 5) is 41.2. The van der Waals surface area contributed by atoms with Gasteiger partial charge in [-0.3, -0.25) is 0 Å². The second kappa shape index (κ2) is 51.2. The molecule has 0 aliphatic carbocycles. The van der Waals surface area contributed by atoms with Crippen molar-refractivity contribution in [3.8, 4) is 0 Å². The molecule has 0 aliphatic heterocycles. The molecule has 0 aromatic carbocycles. The first-order valence-corrected chi connectivity index (χ1v) is 31.9. The zero-order valence-corrected chi connectivity index (χ0v) is 49.5. The van der Waals surface area contributed by atoms with E-state index in [1.54, 1.807) is 0 Å². The predicted octanol–water partition coefficient (Wildman–Crippen LogP) is 17.8. The van der Waals surface area contributed by atoms with Crippen molar-refractivity contribution < 1.29 is 14.2 Å². The van der Waals surface area contributed by atoms with Crippen LogP contribution in [0.15, 0.2) is 14.4 Å². The van der Waals surface area contributed by atoms with Gasteiger partial charge in [0, 0.05) is 19.3 Å². The highest BCUT2D eigenvalue weighted by Gasteiger charge is 2.17. The van der Waals surface area contributed by atoms with Gasteiger partial charge in [0.1, 0.15) is 19.8 Å². The fourth-order valence-corrected chi connectivity index (χ4v) is 10.3. The first kappa shape index (κ1) is 68.1. The van der Waals surface area contributed by atoms with Gasteiger partial charge in [-0.2, -0.15) is 0 Å². The Kier molecular flexibility index (Phi) is 48.4. The molecule has 420 valence electrons. The number of nitrogens with zero attached hydrogens (tertiary/aromatic N) is 3. The van der Waals surface area contributed by atoms with Crippen molar-refractivity contribution in [1.82, 2.24) is 13.7 Å². The van der Waals surface area contributed by atoms with Crippen molar-refractivity contribution in [3.63, 3.8) is 0 Å². The molecule has 12 heteroatoms. The minimum absolute atomic E-state index is 0.0341. The molecular formula is C60H111N3O6S3. The quantitative estimate of drug-likeness (QED) is 0.0467. The maximum Gasteiger partial charge on any atom is 0.336 e. The van der Waals surface area contributed by atoms with E-state index in [2.05, 4.69) is 20.8 Å². The van der Waals surface area contributed by atoms with Gasteiger partial charge in [0.15, 0.2) is 15.2 Å². The molecule has 1 aromatic heterocycles. The second-order valence-corrected chi connectivity index (χ2v) is 22.4. The van der Waals surface area contributed by atoms with E-state index in [1.807, 2.05) is 0 Å². The number of ether oxygens (including phenoxy) is 3. The Morgan fingerprint density at radius 2 is 0.431 bits per heavy atom. The van der Waals surface area contributed by atoms with E-state index in [-0.39, 0.29) is 39.5 Å². The lowest BCUT2D eigenvalue weighted by molar-refractivity contribution is 0.247. The first-order chi connectivity index (χ1) is 35.3. The van der Waals surface area contributed by atoms with E-state index in [9.17, 15) is 14.4 Å². The van der Waals surface area contributed by atoms with Gasteiger partial charge in [0.2, 0.25) is 0 Å². The van der Waals surface area contributed by atoms with E-state index in [0.717, 1.165) is 52.2 Å². The van der Waals surface area contributed by atoms with Crippen LogP contribution in [-0.2, 0) is 33.8 Å². The maximum absolute atomic E-state index is 13.7. The molecule has 1 heterocycles. The van der Waals surface area contributed by atoms with Gasteiger partial charge < -0.3 is 14.2 Å². The summed E-state index contributed by atoms with van der Waals surface area (Å²) in [5.74, 6) is 0. The molecule has 9 nitrogen and oxygen atoms in total. The summed E-state index contributed by atoms with van der Waals surface area (Å²) in [6.45, 7) is 6.89. The maximum atomic E-state index is 13.7. The number of hydrogen-bond donors (Lipinski definition) is 0. The van der Waals surface area contributed by atoms with E-state index < -0.39 is 17.1 Å². The van der Waals surface area contributed by atoms with Gasteiger partial charge in [0.25, 0.3) is 0 Å². The fraction of sp³-hybridized carbons (Fsp3) is 0.900. The van der Waals surface area contributed by atoms with Crippen molar-refractivity contribution in [2.24, 2.45) is 0 Å². The van der Waals surface area contributed by atoms with E-state index >= 15 is 0 Å². The molecule has 0 N–H and O–H groups in total. The molecule has 0 radical (unpaired) electrons. The molecular weight excluding hydrogens is 955 g/mol. The number of thiocarbonyl (C=S) groups is 3. The number of aromatic nitrogens is 3. The van der Waals surface area contributed by atoms with Crippen LogP contribution in [-0.4, -0.2) is 48.7 Å². The van der Waals surface area contributed by atoms with E-state index in [4.69, 9.17) is 50.9 Å². The molecule has 0 fully saturated rings. The van der Waals surface area contributed by atoms with E-state index in [0.29, 0.717) is 34.4 Å². The Bertz CT molecular complexity index is 1410. The Balaban J connectivity index is 2.59. The molecule has 72 heavy (non-hydrogen) atoms. The van der Waals surface area contributed by atoms with Gasteiger partial charge in [0.05, 0.1) is 19.6 Å². The van der Waals surface area contributed by atoms with Gasteiger partial charge in [-0.1, -0.05) is 271 Å². The zero-order chi connectivity index (χ0) is 52.4. The highest BCUT2D eigenvalue weighted by Crippen LogP contribution is 2.17. The third-order valence-corrected chi connectivity index (χ3v) is 15.3. The lowest BCUT2D eigenvalue weighted by atomic mass is 10.0. The molecule has 0 bridgehead atoms. The number of hydrogen-bond acceptors (Lipinski definition) is 9. The molecule has 0 saturated heterocycles. The molecule has 0 aliphatic rings. The van der Waals surface area contributed by atoms with Crippen molar-refractivity contribution in [3.05, 3.63) is 31.5 Å². The summed E-state index contributed by atoms with van der Waals surface area (Å²) in [5.41, 5.74) is -2.09. The van der Waals surface area contributed by atoms with Crippen molar-refractivity contribution in [2.75, 3.05) is 19.8 Å². The molecule has 0 atom stereocenters. The van der Waals surface area contributed by atoms with Crippen molar-refractivity contribution in [1.29, 1.82) is 0 Å². The molecule has 0 saturated carbocycles. The lowest BCUT2D eigenvalue weighted by Crippen LogP contribution is -2.55. The van der Waals surface area contributed by atoms with Crippen LogP contribution in [0.25, 0.3) is 0 Å². The van der Waals surface area contributed by atoms with Crippen LogP contribution >= 0.6 is 36.7 Å². The summed E-state index contributed by atoms with van der Waals surface area (Å²) in [5, 5.41) is 1.45. The summed E-state index contributed by atoms with van der Waals surface area (Å²) < 4.78 is 20.8. The highest BCUT2D eigenvalue weighted by atomic mass is 32.1. The minimum atomic E-state index is -0.696. The third kappa shape index (κ3) is 39.5. The zero-order valence-electron chi connectivity index (χ0n) is 47.1. The van der Waals surface area contributed by atoms with Crippen LogP contribution in [0.2, 0.25) is 0 Å². The predicted molar refractivity (Wildman–Crippen MR) is 320 cm³/mol. The van der Waals surface area contributed by atoms with Crippen LogP contribution < -0.4 is 17.1 Å². The first-order valence-electron chi connectivity index (χ1n) is 30.7. The SMILES string of the molecule is CCCCCCCCCCCCCCCCC(=S)OCCn1c(=O)n(CCOC(=S)CCCCCCCCCCCCCCCC)c(=O)n(CCOC(=S)CCCCCCCCCCCCCCCC)c1=O.